The molecule has 0 aliphatic carbocycles. The maximum absolute atomic E-state index is 4.40. The van der Waals surface area contributed by atoms with Gasteiger partial charge in [-0.1, -0.05) is 42.1 Å². The SMILES string of the molecule is c1ccc(Sc2ccc(CNC3CCCn4ncnc43)cc2)cc1. The smallest absolute Gasteiger partial charge is 0.143 e. The van der Waals surface area contributed by atoms with Crippen LogP contribution in [0.5, 0.6) is 0 Å². The first-order valence-electron chi connectivity index (χ1n) is 8.31. The minimum absolute atomic E-state index is 0.305. The van der Waals surface area contributed by atoms with Crippen LogP contribution in [0.25, 0.3) is 0 Å². The summed E-state index contributed by atoms with van der Waals surface area (Å²) in [6, 6.07) is 19.6. The molecule has 5 heteroatoms. The summed E-state index contributed by atoms with van der Waals surface area (Å²) in [4.78, 5) is 6.93. The molecule has 1 atom stereocenters. The van der Waals surface area contributed by atoms with Crippen LogP contribution in [0.4, 0.5) is 0 Å². The van der Waals surface area contributed by atoms with Crippen molar-refractivity contribution < 1.29 is 0 Å². The molecule has 0 bridgehead atoms. The van der Waals surface area contributed by atoms with E-state index < -0.39 is 0 Å². The third-order valence-electron chi connectivity index (χ3n) is 4.27. The van der Waals surface area contributed by atoms with Crippen LogP contribution in [0.15, 0.2) is 70.7 Å². The number of nitrogens with zero attached hydrogens (tertiary/aromatic N) is 3. The Bertz CT molecular complexity index is 783. The van der Waals surface area contributed by atoms with Gasteiger partial charge in [0.15, 0.2) is 0 Å². The highest BCUT2D eigenvalue weighted by Gasteiger charge is 2.21. The van der Waals surface area contributed by atoms with Crippen molar-refractivity contribution >= 4 is 11.8 Å². The summed E-state index contributed by atoms with van der Waals surface area (Å²) in [6.45, 7) is 1.84. The van der Waals surface area contributed by atoms with E-state index in [-0.39, 0.29) is 0 Å². The standard InChI is InChI=1S/C19H20N4S/c1-2-5-16(6-3-1)24-17-10-8-15(9-11-17)13-20-18-7-4-12-23-19(18)21-14-22-23/h1-3,5-6,8-11,14,18,20H,4,7,12-13H2. The van der Waals surface area contributed by atoms with Crippen molar-refractivity contribution in [2.45, 2.75) is 41.8 Å². The number of rotatable bonds is 5. The summed E-state index contributed by atoms with van der Waals surface area (Å²) in [5, 5.41) is 7.90. The highest BCUT2D eigenvalue weighted by molar-refractivity contribution is 7.99. The van der Waals surface area contributed by atoms with Crippen molar-refractivity contribution in [1.82, 2.24) is 20.1 Å². The summed E-state index contributed by atoms with van der Waals surface area (Å²) >= 11 is 1.79. The summed E-state index contributed by atoms with van der Waals surface area (Å²) in [5.74, 6) is 1.07. The minimum Gasteiger partial charge on any atom is -0.303 e. The lowest BCUT2D eigenvalue weighted by atomic mass is 10.1. The number of aromatic nitrogens is 3. The van der Waals surface area contributed by atoms with E-state index in [2.05, 4.69) is 63.9 Å². The van der Waals surface area contributed by atoms with Crippen LogP contribution in [-0.4, -0.2) is 14.8 Å². The van der Waals surface area contributed by atoms with Gasteiger partial charge in [0.25, 0.3) is 0 Å². The molecule has 1 unspecified atom stereocenters. The van der Waals surface area contributed by atoms with E-state index in [9.17, 15) is 0 Å². The van der Waals surface area contributed by atoms with Gasteiger partial charge in [0, 0.05) is 22.9 Å². The maximum Gasteiger partial charge on any atom is 0.143 e. The van der Waals surface area contributed by atoms with Crippen LogP contribution in [0.1, 0.15) is 30.3 Å². The largest absolute Gasteiger partial charge is 0.303 e. The number of hydrogen-bond acceptors (Lipinski definition) is 4. The van der Waals surface area contributed by atoms with E-state index in [1.54, 1.807) is 18.1 Å². The Morgan fingerprint density at radius 3 is 2.67 bits per heavy atom. The van der Waals surface area contributed by atoms with Crippen molar-refractivity contribution in [3.63, 3.8) is 0 Å². The molecule has 0 saturated heterocycles. The van der Waals surface area contributed by atoms with Crippen molar-refractivity contribution in [2.75, 3.05) is 0 Å². The molecule has 4 nitrogen and oxygen atoms in total. The molecule has 0 saturated carbocycles. The van der Waals surface area contributed by atoms with Crippen molar-refractivity contribution in [3.05, 3.63) is 72.3 Å². The highest BCUT2D eigenvalue weighted by atomic mass is 32.2. The molecular formula is C19H20N4S. The third-order valence-corrected chi connectivity index (χ3v) is 5.29. The van der Waals surface area contributed by atoms with Crippen LogP contribution in [0, 0.1) is 0 Å². The Labute approximate surface area is 146 Å². The molecule has 24 heavy (non-hydrogen) atoms. The fourth-order valence-electron chi connectivity index (χ4n) is 3.02. The molecule has 2 aromatic carbocycles. The van der Waals surface area contributed by atoms with E-state index in [1.807, 2.05) is 10.7 Å². The molecule has 1 aromatic heterocycles. The number of hydrogen-bond donors (Lipinski definition) is 1. The zero-order valence-corrected chi connectivity index (χ0v) is 14.2. The van der Waals surface area contributed by atoms with Gasteiger partial charge >= 0.3 is 0 Å². The summed E-state index contributed by atoms with van der Waals surface area (Å²) in [6.07, 6.45) is 3.94. The van der Waals surface area contributed by atoms with Gasteiger partial charge < -0.3 is 5.32 Å². The molecule has 0 spiro atoms. The average Bonchev–Trinajstić information content (AvgIpc) is 3.11. The molecule has 0 amide bonds. The lowest BCUT2D eigenvalue weighted by molar-refractivity contribution is 0.366. The second-order valence-corrected chi connectivity index (χ2v) is 7.12. The van der Waals surface area contributed by atoms with Gasteiger partial charge in [-0.25, -0.2) is 9.67 Å². The predicted octanol–water partition coefficient (Wildman–Crippen LogP) is 4.05. The molecule has 0 fully saturated rings. The van der Waals surface area contributed by atoms with Gasteiger partial charge in [0.05, 0.1) is 6.04 Å². The molecule has 122 valence electrons. The van der Waals surface area contributed by atoms with Gasteiger partial charge in [0.2, 0.25) is 0 Å². The molecule has 1 N–H and O–H groups in total. The quantitative estimate of drug-likeness (QED) is 0.763. The van der Waals surface area contributed by atoms with E-state index in [4.69, 9.17) is 0 Å². The Kier molecular flexibility index (Phi) is 4.62. The van der Waals surface area contributed by atoms with Crippen LogP contribution in [0.3, 0.4) is 0 Å². The highest BCUT2D eigenvalue weighted by Crippen LogP contribution is 2.27. The van der Waals surface area contributed by atoms with Gasteiger partial charge in [-0.05, 0) is 42.7 Å². The normalized spacial score (nSPS) is 16.8. The van der Waals surface area contributed by atoms with E-state index in [0.29, 0.717) is 6.04 Å². The Balaban J connectivity index is 1.36. The number of benzene rings is 2. The van der Waals surface area contributed by atoms with E-state index >= 15 is 0 Å². The Hall–Kier alpha value is -2.11. The minimum atomic E-state index is 0.305. The predicted molar refractivity (Wildman–Crippen MR) is 95.8 cm³/mol. The van der Waals surface area contributed by atoms with E-state index in [0.717, 1.165) is 31.8 Å². The van der Waals surface area contributed by atoms with Crippen molar-refractivity contribution in [3.8, 4) is 0 Å². The zero-order chi connectivity index (χ0) is 16.2. The second-order valence-electron chi connectivity index (χ2n) is 5.98. The number of aryl methyl sites for hydroxylation is 1. The fourth-order valence-corrected chi connectivity index (χ4v) is 3.86. The zero-order valence-electron chi connectivity index (χ0n) is 13.4. The average molecular weight is 336 g/mol. The first-order valence-corrected chi connectivity index (χ1v) is 9.13. The van der Waals surface area contributed by atoms with Crippen molar-refractivity contribution in [2.24, 2.45) is 0 Å². The number of fused-ring (bicyclic) bond motifs is 1. The first-order chi connectivity index (χ1) is 11.9. The Morgan fingerprint density at radius 1 is 1.04 bits per heavy atom. The fraction of sp³-hybridized carbons (Fsp3) is 0.263. The van der Waals surface area contributed by atoms with Gasteiger partial charge in [-0.3, -0.25) is 0 Å². The van der Waals surface area contributed by atoms with Crippen LogP contribution in [-0.2, 0) is 13.1 Å². The van der Waals surface area contributed by atoms with Crippen molar-refractivity contribution in [1.29, 1.82) is 0 Å². The Morgan fingerprint density at radius 2 is 1.83 bits per heavy atom. The maximum atomic E-state index is 4.40. The van der Waals surface area contributed by atoms with Gasteiger partial charge in [0.1, 0.15) is 12.2 Å². The van der Waals surface area contributed by atoms with Gasteiger partial charge in [-0.2, -0.15) is 5.10 Å². The third kappa shape index (κ3) is 3.52. The summed E-state index contributed by atoms with van der Waals surface area (Å²) < 4.78 is 2.01. The van der Waals surface area contributed by atoms with Crippen LogP contribution >= 0.6 is 11.8 Å². The van der Waals surface area contributed by atoms with E-state index in [1.165, 1.54) is 15.4 Å². The summed E-state index contributed by atoms with van der Waals surface area (Å²) in [5.41, 5.74) is 1.30. The molecule has 0 radical (unpaired) electrons. The van der Waals surface area contributed by atoms with Crippen LogP contribution in [0.2, 0.25) is 0 Å². The monoisotopic (exact) mass is 336 g/mol. The first kappa shape index (κ1) is 15.4. The molecule has 1 aliphatic rings. The summed E-state index contributed by atoms with van der Waals surface area (Å²) in [7, 11) is 0. The number of nitrogens with one attached hydrogen (secondary N) is 1. The lowest BCUT2D eigenvalue weighted by Gasteiger charge is -2.23. The second kappa shape index (κ2) is 7.20. The molecule has 4 rings (SSSR count). The van der Waals surface area contributed by atoms with Crippen LogP contribution < -0.4 is 5.32 Å². The molecule has 2 heterocycles. The lowest BCUT2D eigenvalue weighted by Crippen LogP contribution is -2.28. The molecule has 1 aliphatic heterocycles. The van der Waals surface area contributed by atoms with Gasteiger partial charge in [-0.15, -0.1) is 0 Å². The molecule has 3 aromatic rings. The topological polar surface area (TPSA) is 42.7 Å². The molecular weight excluding hydrogens is 316 g/mol.